The molecular formula is C27H35F3N6O4. The van der Waals surface area contributed by atoms with E-state index < -0.39 is 35.5 Å². The Kier molecular flexibility index (Phi) is 8.13. The van der Waals surface area contributed by atoms with Gasteiger partial charge in [0.1, 0.15) is 0 Å². The lowest BCUT2D eigenvalue weighted by Crippen LogP contribution is -2.57. The van der Waals surface area contributed by atoms with Gasteiger partial charge in [0, 0.05) is 49.8 Å². The fraction of sp³-hybridized carbons (Fsp3) is 0.593. The molecule has 0 aliphatic carbocycles. The van der Waals surface area contributed by atoms with E-state index in [1.54, 1.807) is 44.0 Å². The number of likely N-dealkylation sites (tertiary alicyclic amines) is 1. The summed E-state index contributed by atoms with van der Waals surface area (Å²) in [4.78, 5) is 53.8. The number of piperidine rings is 1. The van der Waals surface area contributed by atoms with Gasteiger partial charge in [0.25, 0.3) is 0 Å². The van der Waals surface area contributed by atoms with E-state index in [0.29, 0.717) is 18.7 Å². The molecule has 4 heterocycles. The van der Waals surface area contributed by atoms with Gasteiger partial charge in [-0.3, -0.25) is 14.5 Å². The smallest absolute Gasteiger partial charge is 0.433 e. The van der Waals surface area contributed by atoms with Gasteiger partial charge in [0.05, 0.1) is 24.0 Å². The first-order chi connectivity index (χ1) is 18.6. The maximum absolute atomic E-state index is 13.9. The average Bonchev–Trinajstić information content (AvgIpc) is 3.38. The normalized spacial score (nSPS) is 18.9. The minimum atomic E-state index is -4.70. The van der Waals surface area contributed by atoms with E-state index in [9.17, 15) is 32.7 Å². The number of carbonyl (C=O) groups excluding carboxylic acids is 2. The van der Waals surface area contributed by atoms with E-state index in [1.807, 2.05) is 6.92 Å². The first-order valence-electron chi connectivity index (χ1n) is 13.3. The molecule has 0 radical (unpaired) electrons. The maximum atomic E-state index is 13.9. The van der Waals surface area contributed by atoms with E-state index in [2.05, 4.69) is 15.0 Å². The second-order valence-corrected chi connectivity index (χ2v) is 11.6. The van der Waals surface area contributed by atoms with E-state index in [0.717, 1.165) is 6.42 Å². The Labute approximate surface area is 230 Å². The Balaban J connectivity index is 1.61. The Morgan fingerprint density at radius 3 is 2.55 bits per heavy atom. The molecule has 0 bridgehead atoms. The van der Waals surface area contributed by atoms with Crippen LogP contribution in [0.2, 0.25) is 0 Å². The molecule has 0 unspecified atom stereocenters. The molecule has 2 aliphatic rings. The summed E-state index contributed by atoms with van der Waals surface area (Å²) in [5.41, 5.74) is -1.50. The number of nitrogens with zero attached hydrogens (tertiary/aromatic N) is 5. The van der Waals surface area contributed by atoms with E-state index in [-0.39, 0.29) is 61.4 Å². The monoisotopic (exact) mass is 564 g/mol. The van der Waals surface area contributed by atoms with Crippen molar-refractivity contribution in [2.75, 3.05) is 19.6 Å². The molecule has 0 spiro atoms. The first-order valence-corrected chi connectivity index (χ1v) is 13.3. The van der Waals surface area contributed by atoms with Crippen LogP contribution in [0.25, 0.3) is 11.5 Å². The van der Waals surface area contributed by atoms with Crippen molar-refractivity contribution in [2.24, 2.45) is 5.92 Å². The molecule has 4 rings (SSSR count). The molecule has 13 heteroatoms. The zero-order valence-electron chi connectivity index (χ0n) is 23.1. The van der Waals surface area contributed by atoms with Crippen molar-refractivity contribution in [1.29, 1.82) is 0 Å². The zero-order chi connectivity index (χ0) is 29.4. The number of fused-ring (bicyclic) bond motifs is 1. The van der Waals surface area contributed by atoms with Crippen LogP contribution in [0.5, 0.6) is 0 Å². The van der Waals surface area contributed by atoms with Gasteiger partial charge in [-0.25, -0.2) is 14.8 Å². The molecule has 3 amide bonds. The average molecular weight is 565 g/mol. The molecule has 0 aromatic carbocycles. The third kappa shape index (κ3) is 6.39. The Bertz CT molecular complexity index is 1260. The highest BCUT2D eigenvalue weighted by Gasteiger charge is 2.41. The van der Waals surface area contributed by atoms with Gasteiger partial charge in [-0.05, 0) is 51.7 Å². The number of hydrogen-bond acceptors (Lipinski definition) is 5. The summed E-state index contributed by atoms with van der Waals surface area (Å²) in [6.45, 7) is 7.53. The molecule has 2 N–H and O–H groups in total. The van der Waals surface area contributed by atoms with Gasteiger partial charge >= 0.3 is 12.3 Å². The van der Waals surface area contributed by atoms with Crippen molar-refractivity contribution in [3.05, 3.63) is 35.3 Å². The van der Waals surface area contributed by atoms with Crippen molar-refractivity contribution in [1.82, 2.24) is 29.7 Å². The molecular weight excluding hydrogens is 529 g/mol. The number of nitrogens with one attached hydrogen (secondary N) is 1. The Morgan fingerprint density at radius 1 is 1.23 bits per heavy atom. The summed E-state index contributed by atoms with van der Waals surface area (Å²) in [7, 11) is 0. The van der Waals surface area contributed by atoms with Gasteiger partial charge in [-0.1, -0.05) is 6.92 Å². The molecule has 1 fully saturated rings. The molecule has 2 aromatic rings. The lowest BCUT2D eigenvalue weighted by atomic mass is 9.96. The Morgan fingerprint density at radius 2 is 1.95 bits per heavy atom. The predicted molar refractivity (Wildman–Crippen MR) is 139 cm³/mol. The third-order valence-corrected chi connectivity index (χ3v) is 7.40. The van der Waals surface area contributed by atoms with Crippen LogP contribution in [0.1, 0.15) is 63.9 Å². The van der Waals surface area contributed by atoms with Crippen LogP contribution >= 0.6 is 0 Å². The van der Waals surface area contributed by atoms with Crippen molar-refractivity contribution < 1.29 is 32.7 Å². The number of H-pyrrole nitrogens is 1. The molecule has 2 aromatic heterocycles. The highest BCUT2D eigenvalue weighted by molar-refractivity contribution is 5.79. The van der Waals surface area contributed by atoms with Crippen molar-refractivity contribution in [3.63, 3.8) is 0 Å². The quantitative estimate of drug-likeness (QED) is 0.543. The first kappa shape index (κ1) is 29.3. The lowest BCUT2D eigenvalue weighted by Gasteiger charge is -2.43. The second kappa shape index (κ2) is 11.1. The number of aromatic amines is 1. The summed E-state index contributed by atoms with van der Waals surface area (Å²) in [6, 6.07) is 2.35. The molecule has 2 atom stereocenters. The van der Waals surface area contributed by atoms with Crippen LogP contribution in [0.4, 0.5) is 18.0 Å². The summed E-state index contributed by atoms with van der Waals surface area (Å²) in [5.74, 6) is -0.380. The minimum absolute atomic E-state index is 0.00904. The van der Waals surface area contributed by atoms with Crippen LogP contribution in [0, 0.1) is 5.92 Å². The number of amides is 3. The standard InChI is InChI=1S/C27H35F3N6O4/c1-16-7-8-21(37)35(13-16)14-17(36(25(39)40)26(2,3)4)12-22(38)34-11-9-18-20(15-34)32-24(19-6-5-10-31-19)33-23(18)27(28,29)30/h5-6,10,16-17,31H,7-9,11-15H2,1-4H3,(H,39,40)/t16-,17+/m1/s1. The van der Waals surface area contributed by atoms with Crippen molar-refractivity contribution in [2.45, 2.75) is 77.7 Å². The molecule has 1 saturated heterocycles. The van der Waals surface area contributed by atoms with Crippen molar-refractivity contribution >= 4 is 17.9 Å². The molecule has 2 aliphatic heterocycles. The largest absolute Gasteiger partial charge is 0.465 e. The van der Waals surface area contributed by atoms with E-state index >= 15 is 0 Å². The fourth-order valence-corrected chi connectivity index (χ4v) is 5.55. The van der Waals surface area contributed by atoms with Crippen LogP contribution in [-0.2, 0) is 28.7 Å². The number of alkyl halides is 3. The van der Waals surface area contributed by atoms with Gasteiger partial charge in [0.2, 0.25) is 11.8 Å². The van der Waals surface area contributed by atoms with E-state index in [4.69, 9.17) is 0 Å². The third-order valence-electron chi connectivity index (χ3n) is 7.40. The zero-order valence-corrected chi connectivity index (χ0v) is 23.1. The molecule has 40 heavy (non-hydrogen) atoms. The van der Waals surface area contributed by atoms with Gasteiger partial charge < -0.3 is 19.9 Å². The van der Waals surface area contributed by atoms with Crippen LogP contribution in [-0.4, -0.2) is 83.9 Å². The number of hydrogen-bond donors (Lipinski definition) is 2. The lowest BCUT2D eigenvalue weighted by molar-refractivity contribution is -0.142. The maximum Gasteiger partial charge on any atom is 0.433 e. The van der Waals surface area contributed by atoms with Gasteiger partial charge in [-0.15, -0.1) is 0 Å². The summed E-state index contributed by atoms with van der Waals surface area (Å²) in [5, 5.41) is 10.1. The number of aromatic nitrogens is 3. The molecule has 218 valence electrons. The van der Waals surface area contributed by atoms with Crippen molar-refractivity contribution in [3.8, 4) is 11.5 Å². The SMILES string of the molecule is C[C@@H]1CCC(=O)N(C[C@H](CC(=O)N2CCc3c(nc(-c4ccc[nH]4)nc3C(F)(F)F)C2)N(C(=O)O)C(C)(C)C)C1. The number of rotatable bonds is 6. The van der Waals surface area contributed by atoms with Crippen LogP contribution < -0.4 is 0 Å². The van der Waals surface area contributed by atoms with E-state index in [1.165, 1.54) is 9.80 Å². The topological polar surface area (TPSA) is 123 Å². The van der Waals surface area contributed by atoms with Crippen LogP contribution in [0.3, 0.4) is 0 Å². The summed E-state index contributed by atoms with van der Waals surface area (Å²) in [6.07, 6.45) is -3.56. The number of halogens is 3. The highest BCUT2D eigenvalue weighted by Crippen LogP contribution is 2.35. The Hall–Kier alpha value is -3.64. The fourth-order valence-electron chi connectivity index (χ4n) is 5.55. The van der Waals surface area contributed by atoms with Gasteiger partial charge in [0.15, 0.2) is 11.5 Å². The number of carboxylic acid groups (broad SMARTS) is 1. The predicted octanol–water partition coefficient (Wildman–Crippen LogP) is 4.17. The summed E-state index contributed by atoms with van der Waals surface area (Å²) >= 11 is 0. The number of carbonyl (C=O) groups is 3. The minimum Gasteiger partial charge on any atom is -0.465 e. The molecule has 10 nitrogen and oxygen atoms in total. The van der Waals surface area contributed by atoms with Crippen LogP contribution in [0.15, 0.2) is 18.3 Å². The highest BCUT2D eigenvalue weighted by atomic mass is 19.4. The van der Waals surface area contributed by atoms with Gasteiger partial charge in [-0.2, -0.15) is 13.2 Å². The summed E-state index contributed by atoms with van der Waals surface area (Å²) < 4.78 is 41.7. The second-order valence-electron chi connectivity index (χ2n) is 11.6. The molecule has 0 saturated carbocycles.